The van der Waals surface area contributed by atoms with Crippen molar-refractivity contribution in [2.45, 2.75) is 46.5 Å². The molecule has 0 saturated heterocycles. The molecule has 1 fully saturated rings. The number of ketones is 1. The minimum Gasteiger partial charge on any atom is -0.392 e. The zero-order chi connectivity index (χ0) is 12.6. The molecule has 3 atom stereocenters. The first-order chi connectivity index (χ1) is 8.01. The van der Waals surface area contributed by atoms with Crippen LogP contribution < -0.4 is 0 Å². The molecule has 0 bridgehead atoms. The average Bonchev–Trinajstić information content (AvgIpc) is 2.57. The Labute approximate surface area is 104 Å². The fourth-order valence-corrected chi connectivity index (χ4v) is 4.09. The van der Waals surface area contributed by atoms with Gasteiger partial charge in [-0.2, -0.15) is 0 Å². The van der Waals surface area contributed by atoms with Gasteiger partial charge in [0.15, 0.2) is 5.78 Å². The first-order valence-corrected chi connectivity index (χ1v) is 6.84. The summed E-state index contributed by atoms with van der Waals surface area (Å²) in [6, 6.07) is 0. The summed E-state index contributed by atoms with van der Waals surface area (Å²) in [6.07, 6.45) is 6.15. The van der Waals surface area contributed by atoms with Crippen LogP contribution in [-0.2, 0) is 4.79 Å². The van der Waals surface area contributed by atoms with Gasteiger partial charge in [-0.05, 0) is 42.4 Å². The molecular weight excluding hydrogens is 212 g/mol. The second-order valence-electron chi connectivity index (χ2n) is 6.25. The number of Topliss-reactive ketones (excluding diaryl/α,β-unsaturated/α-hetero) is 1. The van der Waals surface area contributed by atoms with Crippen molar-refractivity contribution in [3.63, 3.8) is 0 Å². The summed E-state index contributed by atoms with van der Waals surface area (Å²) in [7, 11) is 0. The maximum Gasteiger partial charge on any atom is 0.161 e. The number of hydrogen-bond donors (Lipinski definition) is 1. The van der Waals surface area contributed by atoms with Gasteiger partial charge in [0.05, 0.1) is 6.61 Å². The first kappa shape index (κ1) is 12.8. The van der Waals surface area contributed by atoms with E-state index in [1.807, 2.05) is 6.08 Å². The van der Waals surface area contributed by atoms with Crippen LogP contribution in [0.2, 0.25) is 0 Å². The molecule has 2 nitrogen and oxygen atoms in total. The lowest BCUT2D eigenvalue weighted by atomic mass is 9.61. The highest BCUT2D eigenvalue weighted by Gasteiger charge is 2.50. The highest BCUT2D eigenvalue weighted by atomic mass is 16.3. The van der Waals surface area contributed by atoms with Crippen LogP contribution in [0.5, 0.6) is 0 Å². The molecule has 0 heterocycles. The Morgan fingerprint density at radius 2 is 2.18 bits per heavy atom. The molecule has 0 unspecified atom stereocenters. The maximum atomic E-state index is 12.1. The molecule has 96 valence electrons. The van der Waals surface area contributed by atoms with Crippen LogP contribution in [0.4, 0.5) is 0 Å². The number of hydrogen-bond acceptors (Lipinski definition) is 2. The molecule has 0 aromatic carbocycles. The van der Waals surface area contributed by atoms with Gasteiger partial charge in [0, 0.05) is 12.0 Å². The van der Waals surface area contributed by atoms with Crippen LogP contribution in [0.3, 0.4) is 0 Å². The molecule has 0 amide bonds. The van der Waals surface area contributed by atoms with Crippen LogP contribution >= 0.6 is 0 Å². The molecular formula is C15H24O2. The summed E-state index contributed by atoms with van der Waals surface area (Å²) in [5.41, 5.74) is 0.821. The molecule has 1 spiro atoms. The van der Waals surface area contributed by atoms with Crippen LogP contribution in [0.15, 0.2) is 11.6 Å². The molecule has 2 heteroatoms. The number of aliphatic hydroxyl groups excluding tert-OH is 1. The molecule has 0 aromatic heterocycles. The van der Waals surface area contributed by atoms with Crippen molar-refractivity contribution >= 4 is 5.78 Å². The molecule has 1 N–H and O–H groups in total. The van der Waals surface area contributed by atoms with Gasteiger partial charge in [-0.1, -0.05) is 26.8 Å². The minimum atomic E-state index is -0.0877. The van der Waals surface area contributed by atoms with Crippen LogP contribution in [-0.4, -0.2) is 17.5 Å². The van der Waals surface area contributed by atoms with E-state index >= 15 is 0 Å². The van der Waals surface area contributed by atoms with Crippen molar-refractivity contribution in [2.75, 3.05) is 6.61 Å². The van der Waals surface area contributed by atoms with Crippen LogP contribution in [0.25, 0.3) is 0 Å². The van der Waals surface area contributed by atoms with Gasteiger partial charge in [-0.15, -0.1) is 0 Å². The van der Waals surface area contributed by atoms with Gasteiger partial charge in [0.25, 0.3) is 0 Å². The topological polar surface area (TPSA) is 37.3 Å². The van der Waals surface area contributed by atoms with E-state index in [2.05, 4.69) is 20.8 Å². The average molecular weight is 236 g/mol. The number of rotatable bonds is 2. The first-order valence-electron chi connectivity index (χ1n) is 6.84. The van der Waals surface area contributed by atoms with Crippen molar-refractivity contribution in [3.8, 4) is 0 Å². The maximum absolute atomic E-state index is 12.1. The molecule has 0 aliphatic heterocycles. The molecule has 2 aliphatic rings. The fraction of sp³-hybridized carbons (Fsp3) is 0.800. The van der Waals surface area contributed by atoms with Crippen molar-refractivity contribution < 1.29 is 9.90 Å². The lowest BCUT2D eigenvalue weighted by Crippen LogP contribution is -2.38. The van der Waals surface area contributed by atoms with E-state index in [-0.39, 0.29) is 17.8 Å². The Morgan fingerprint density at radius 3 is 2.71 bits per heavy atom. The highest BCUT2D eigenvalue weighted by Crippen LogP contribution is 2.57. The lowest BCUT2D eigenvalue weighted by Gasteiger charge is -2.42. The zero-order valence-electron chi connectivity index (χ0n) is 11.2. The third-order valence-corrected chi connectivity index (χ3v) is 5.18. The number of carbonyl (C=O) groups excluding carboxylic acids is 1. The SMILES string of the molecule is CC(C)[C@@H]1CC[C@H](C)[C@@]12CC=C(CO)C(=O)C2. The van der Waals surface area contributed by atoms with Crippen molar-refractivity contribution in [1.29, 1.82) is 0 Å². The van der Waals surface area contributed by atoms with Crippen molar-refractivity contribution in [3.05, 3.63) is 11.6 Å². The Hall–Kier alpha value is -0.630. The summed E-state index contributed by atoms with van der Waals surface area (Å²) in [5.74, 6) is 2.13. The molecule has 2 rings (SSSR count). The van der Waals surface area contributed by atoms with Crippen molar-refractivity contribution in [2.24, 2.45) is 23.2 Å². The third kappa shape index (κ3) is 1.97. The number of aliphatic hydroxyl groups is 1. The van der Waals surface area contributed by atoms with E-state index in [0.29, 0.717) is 29.7 Å². The lowest BCUT2D eigenvalue weighted by molar-refractivity contribution is -0.120. The second kappa shape index (κ2) is 4.56. The Kier molecular flexibility index (Phi) is 3.44. The van der Waals surface area contributed by atoms with E-state index in [1.54, 1.807) is 0 Å². The molecule has 0 aromatic rings. The van der Waals surface area contributed by atoms with E-state index in [0.717, 1.165) is 6.42 Å². The van der Waals surface area contributed by atoms with Gasteiger partial charge in [0.2, 0.25) is 0 Å². The molecule has 0 radical (unpaired) electrons. The highest BCUT2D eigenvalue weighted by molar-refractivity contribution is 5.97. The predicted octanol–water partition coefficient (Wildman–Crippen LogP) is 2.96. The molecule has 1 saturated carbocycles. The van der Waals surface area contributed by atoms with Gasteiger partial charge < -0.3 is 5.11 Å². The molecule has 2 aliphatic carbocycles. The summed E-state index contributed by atoms with van der Waals surface area (Å²) < 4.78 is 0. The molecule has 17 heavy (non-hydrogen) atoms. The monoisotopic (exact) mass is 236 g/mol. The predicted molar refractivity (Wildman–Crippen MR) is 68.6 cm³/mol. The van der Waals surface area contributed by atoms with Gasteiger partial charge in [0.1, 0.15) is 0 Å². The smallest absolute Gasteiger partial charge is 0.161 e. The Bertz CT molecular complexity index is 343. The van der Waals surface area contributed by atoms with Gasteiger partial charge >= 0.3 is 0 Å². The number of allylic oxidation sites excluding steroid dienone is 1. The van der Waals surface area contributed by atoms with Crippen LogP contribution in [0.1, 0.15) is 46.5 Å². The standard InChI is InChI=1S/C15H24O2/c1-10(2)13-5-4-11(3)15(13)7-6-12(9-16)14(17)8-15/h6,10-11,13,16H,4-5,7-9H2,1-3H3/t11-,13-,15-/m0/s1. The quantitative estimate of drug-likeness (QED) is 0.800. The fourth-order valence-electron chi connectivity index (χ4n) is 4.09. The van der Waals surface area contributed by atoms with Gasteiger partial charge in [-0.25, -0.2) is 0 Å². The normalized spacial score (nSPS) is 37.9. The third-order valence-electron chi connectivity index (χ3n) is 5.18. The summed E-state index contributed by atoms with van der Waals surface area (Å²) in [4.78, 5) is 12.1. The van der Waals surface area contributed by atoms with E-state index in [1.165, 1.54) is 12.8 Å². The van der Waals surface area contributed by atoms with E-state index in [4.69, 9.17) is 5.11 Å². The van der Waals surface area contributed by atoms with Crippen molar-refractivity contribution in [1.82, 2.24) is 0 Å². The Balaban J connectivity index is 2.30. The zero-order valence-corrected chi connectivity index (χ0v) is 11.2. The van der Waals surface area contributed by atoms with E-state index < -0.39 is 0 Å². The second-order valence-corrected chi connectivity index (χ2v) is 6.25. The summed E-state index contributed by atoms with van der Waals surface area (Å²) >= 11 is 0. The van der Waals surface area contributed by atoms with Gasteiger partial charge in [-0.3, -0.25) is 4.79 Å². The van der Waals surface area contributed by atoms with E-state index in [9.17, 15) is 4.79 Å². The summed E-state index contributed by atoms with van der Waals surface area (Å²) in [6.45, 7) is 6.77. The Morgan fingerprint density at radius 1 is 1.47 bits per heavy atom. The van der Waals surface area contributed by atoms with Crippen LogP contribution in [0, 0.1) is 23.2 Å². The number of carbonyl (C=O) groups is 1. The summed E-state index contributed by atoms with van der Waals surface area (Å²) in [5, 5.41) is 9.14. The minimum absolute atomic E-state index is 0.0877. The largest absolute Gasteiger partial charge is 0.392 e.